The lowest BCUT2D eigenvalue weighted by Gasteiger charge is -2.25. The summed E-state index contributed by atoms with van der Waals surface area (Å²) < 4.78 is 1.78. The van der Waals surface area contributed by atoms with Gasteiger partial charge < -0.3 is 5.32 Å². The summed E-state index contributed by atoms with van der Waals surface area (Å²) in [5.74, 6) is -0.0968. The molecule has 1 aliphatic heterocycles. The first kappa shape index (κ1) is 16.8. The summed E-state index contributed by atoms with van der Waals surface area (Å²) in [6.45, 7) is 3.21. The van der Waals surface area contributed by atoms with Crippen LogP contribution in [0.15, 0.2) is 54.6 Å². The summed E-state index contributed by atoms with van der Waals surface area (Å²) in [7, 11) is 0. The molecule has 0 saturated carbocycles. The van der Waals surface area contributed by atoms with E-state index in [9.17, 15) is 4.79 Å². The lowest BCUT2D eigenvalue weighted by Crippen LogP contribution is -2.45. The predicted octanol–water partition coefficient (Wildman–Crippen LogP) is 3.54. The number of aromatic nitrogens is 2. The number of benzene rings is 2. The van der Waals surface area contributed by atoms with Crippen molar-refractivity contribution in [1.82, 2.24) is 20.4 Å². The number of amides is 1. The van der Waals surface area contributed by atoms with Gasteiger partial charge in [-0.2, -0.15) is 5.10 Å². The third kappa shape index (κ3) is 3.36. The van der Waals surface area contributed by atoms with Crippen LogP contribution in [-0.4, -0.2) is 22.2 Å². The van der Waals surface area contributed by atoms with Crippen molar-refractivity contribution in [2.45, 2.75) is 19.6 Å². The van der Waals surface area contributed by atoms with Gasteiger partial charge in [0.15, 0.2) is 0 Å². The normalized spacial score (nSPS) is 16.2. The zero-order valence-corrected chi connectivity index (χ0v) is 15.1. The molecule has 1 unspecified atom stereocenters. The molecule has 6 heteroatoms. The number of carbonyl (C=O) groups is 1. The van der Waals surface area contributed by atoms with Gasteiger partial charge in [-0.1, -0.05) is 53.6 Å². The van der Waals surface area contributed by atoms with Crippen molar-refractivity contribution >= 4 is 17.5 Å². The zero-order valence-electron chi connectivity index (χ0n) is 14.4. The number of nitrogens with one attached hydrogen (secondary N) is 2. The Kier molecular flexibility index (Phi) is 4.49. The van der Waals surface area contributed by atoms with Crippen molar-refractivity contribution in [3.8, 4) is 11.3 Å². The maximum absolute atomic E-state index is 12.2. The van der Waals surface area contributed by atoms with Crippen molar-refractivity contribution in [2.24, 2.45) is 0 Å². The molecular weight excluding hydrogens is 348 g/mol. The minimum atomic E-state index is -0.0995. The average Bonchev–Trinajstić information content (AvgIpc) is 3.10. The largest absolute Gasteiger partial charge is 0.347 e. The van der Waals surface area contributed by atoms with E-state index in [0.717, 1.165) is 21.8 Å². The van der Waals surface area contributed by atoms with Gasteiger partial charge in [0.2, 0.25) is 0 Å². The Hall–Kier alpha value is -2.63. The van der Waals surface area contributed by atoms with E-state index in [4.69, 9.17) is 11.6 Å². The van der Waals surface area contributed by atoms with Crippen LogP contribution < -0.4 is 10.6 Å². The van der Waals surface area contributed by atoms with Gasteiger partial charge >= 0.3 is 0 Å². The van der Waals surface area contributed by atoms with Crippen molar-refractivity contribution in [1.29, 1.82) is 0 Å². The quantitative estimate of drug-likeness (QED) is 0.742. The highest BCUT2D eigenvalue weighted by Gasteiger charge is 2.27. The van der Waals surface area contributed by atoms with Crippen LogP contribution in [0.3, 0.4) is 0 Å². The van der Waals surface area contributed by atoms with E-state index in [0.29, 0.717) is 18.8 Å². The number of aryl methyl sites for hydroxylation is 1. The minimum absolute atomic E-state index is 0.0968. The Bertz CT molecular complexity index is 931. The highest BCUT2D eigenvalue weighted by atomic mass is 35.5. The summed E-state index contributed by atoms with van der Waals surface area (Å²) in [6.07, 6.45) is -0.0995. The maximum Gasteiger partial charge on any atom is 0.269 e. The van der Waals surface area contributed by atoms with Crippen LogP contribution in [-0.2, 0) is 6.54 Å². The summed E-state index contributed by atoms with van der Waals surface area (Å²) in [5.41, 5.74) is 4.69. The number of nitrogens with zero attached hydrogens (tertiary/aromatic N) is 2. The minimum Gasteiger partial charge on any atom is -0.347 e. The Morgan fingerprint density at radius 3 is 2.65 bits per heavy atom. The summed E-state index contributed by atoms with van der Waals surface area (Å²) in [5, 5.41) is 11.8. The number of carbonyl (C=O) groups excluding carboxylic acids is 1. The van der Waals surface area contributed by atoms with E-state index < -0.39 is 0 Å². The fourth-order valence-electron chi connectivity index (χ4n) is 3.03. The molecule has 1 aliphatic rings. The molecule has 3 aromatic rings. The number of rotatable bonds is 4. The van der Waals surface area contributed by atoms with E-state index in [2.05, 4.69) is 15.7 Å². The molecule has 0 fully saturated rings. The fraction of sp³-hybridized carbons (Fsp3) is 0.200. The first-order chi connectivity index (χ1) is 12.6. The smallest absolute Gasteiger partial charge is 0.269 e. The number of hydrogen-bond donors (Lipinski definition) is 2. The van der Waals surface area contributed by atoms with Gasteiger partial charge in [-0.3, -0.25) is 10.1 Å². The molecule has 2 heterocycles. The van der Waals surface area contributed by atoms with E-state index in [1.165, 1.54) is 5.56 Å². The SMILES string of the molecule is Cc1ccc(-c2cc3n(n2)C(NCc2ccc(Cl)cc2)CNC3=O)cc1. The van der Waals surface area contributed by atoms with Gasteiger partial charge in [0, 0.05) is 17.1 Å². The second-order valence-corrected chi connectivity index (χ2v) is 6.90. The summed E-state index contributed by atoms with van der Waals surface area (Å²) >= 11 is 5.93. The van der Waals surface area contributed by atoms with Gasteiger partial charge in [0.25, 0.3) is 5.91 Å². The molecule has 0 saturated heterocycles. The predicted molar refractivity (Wildman–Crippen MR) is 102 cm³/mol. The molecule has 1 atom stereocenters. The molecule has 4 rings (SSSR count). The number of fused-ring (bicyclic) bond motifs is 1. The maximum atomic E-state index is 12.2. The van der Waals surface area contributed by atoms with Crippen molar-refractivity contribution in [3.05, 3.63) is 76.4 Å². The molecule has 2 N–H and O–H groups in total. The molecule has 1 aromatic heterocycles. The van der Waals surface area contributed by atoms with Gasteiger partial charge in [-0.05, 0) is 30.7 Å². The molecule has 5 nitrogen and oxygen atoms in total. The Morgan fingerprint density at radius 2 is 1.92 bits per heavy atom. The topological polar surface area (TPSA) is 59.0 Å². The lowest BCUT2D eigenvalue weighted by molar-refractivity contribution is 0.0900. The highest BCUT2D eigenvalue weighted by molar-refractivity contribution is 6.30. The van der Waals surface area contributed by atoms with Gasteiger partial charge in [-0.25, -0.2) is 4.68 Å². The molecule has 0 spiro atoms. The standard InChI is InChI=1S/C20H19ClN4O/c1-13-2-6-15(7-3-13)17-10-18-20(26)23-12-19(25(18)24-17)22-11-14-4-8-16(21)9-5-14/h2-10,19,22H,11-12H2,1H3,(H,23,26). The second-order valence-electron chi connectivity index (χ2n) is 6.46. The fourth-order valence-corrected chi connectivity index (χ4v) is 3.16. The summed E-state index contributed by atoms with van der Waals surface area (Å²) in [6, 6.07) is 17.7. The van der Waals surface area contributed by atoms with Crippen LogP contribution in [0.4, 0.5) is 0 Å². The average molecular weight is 367 g/mol. The molecule has 26 heavy (non-hydrogen) atoms. The lowest BCUT2D eigenvalue weighted by atomic mass is 10.1. The van der Waals surface area contributed by atoms with Gasteiger partial charge in [0.05, 0.1) is 12.2 Å². The van der Waals surface area contributed by atoms with Crippen LogP contribution in [0.5, 0.6) is 0 Å². The molecule has 0 aliphatic carbocycles. The molecule has 132 valence electrons. The second kappa shape index (κ2) is 6.94. The molecule has 1 amide bonds. The van der Waals surface area contributed by atoms with E-state index in [1.54, 1.807) is 4.68 Å². The third-order valence-electron chi connectivity index (χ3n) is 4.52. The molecule has 0 bridgehead atoms. The van der Waals surface area contributed by atoms with Crippen LogP contribution in [0, 0.1) is 6.92 Å². The third-order valence-corrected chi connectivity index (χ3v) is 4.77. The Labute approximate surface area is 157 Å². The first-order valence-corrected chi connectivity index (χ1v) is 8.90. The first-order valence-electron chi connectivity index (χ1n) is 8.53. The van der Waals surface area contributed by atoms with E-state index >= 15 is 0 Å². The number of halogens is 1. The van der Waals surface area contributed by atoms with Crippen molar-refractivity contribution in [3.63, 3.8) is 0 Å². The van der Waals surface area contributed by atoms with Crippen LogP contribution >= 0.6 is 11.6 Å². The van der Waals surface area contributed by atoms with Crippen LogP contribution in [0.25, 0.3) is 11.3 Å². The molecular formula is C20H19ClN4O. The van der Waals surface area contributed by atoms with Crippen LogP contribution in [0.1, 0.15) is 27.8 Å². The van der Waals surface area contributed by atoms with E-state index in [1.807, 2.05) is 61.5 Å². The zero-order chi connectivity index (χ0) is 18.1. The Balaban J connectivity index is 1.58. The van der Waals surface area contributed by atoms with E-state index in [-0.39, 0.29) is 12.1 Å². The van der Waals surface area contributed by atoms with Crippen LogP contribution in [0.2, 0.25) is 5.02 Å². The number of hydrogen-bond acceptors (Lipinski definition) is 3. The van der Waals surface area contributed by atoms with Crippen molar-refractivity contribution in [2.75, 3.05) is 6.54 Å². The van der Waals surface area contributed by atoms with Crippen molar-refractivity contribution < 1.29 is 4.79 Å². The monoisotopic (exact) mass is 366 g/mol. The molecule has 0 radical (unpaired) electrons. The van der Waals surface area contributed by atoms with Gasteiger partial charge in [0.1, 0.15) is 11.9 Å². The molecule has 2 aromatic carbocycles. The Morgan fingerprint density at radius 1 is 1.19 bits per heavy atom. The highest BCUT2D eigenvalue weighted by Crippen LogP contribution is 2.23. The van der Waals surface area contributed by atoms with Gasteiger partial charge in [-0.15, -0.1) is 0 Å². The summed E-state index contributed by atoms with van der Waals surface area (Å²) in [4.78, 5) is 12.2.